The molecule has 5 heterocycles. The molecule has 5 rings (SSSR count). The second kappa shape index (κ2) is 7.37. The Morgan fingerprint density at radius 1 is 1.24 bits per heavy atom. The summed E-state index contributed by atoms with van der Waals surface area (Å²) in [5.74, 6) is 2.80. The number of hydrogen-bond acceptors (Lipinski definition) is 9. The lowest BCUT2D eigenvalue weighted by Crippen LogP contribution is -2.34. The van der Waals surface area contributed by atoms with Gasteiger partial charge in [0.25, 0.3) is 5.78 Å². The van der Waals surface area contributed by atoms with Crippen LogP contribution < -0.4 is 11.1 Å². The highest BCUT2D eigenvalue weighted by Gasteiger charge is 2.25. The number of hydrogen-bond donors (Lipinski definition) is 2. The summed E-state index contributed by atoms with van der Waals surface area (Å²) in [5.41, 5.74) is 6.04. The van der Waals surface area contributed by atoms with Crippen molar-refractivity contribution in [3.8, 4) is 11.6 Å². The molecule has 150 valence electrons. The molecule has 4 aromatic heterocycles. The van der Waals surface area contributed by atoms with Crippen LogP contribution in [0.3, 0.4) is 0 Å². The number of nitrogen functional groups attached to an aromatic ring is 1. The molecule has 10 nitrogen and oxygen atoms in total. The van der Waals surface area contributed by atoms with E-state index in [1.807, 2.05) is 6.07 Å². The Balaban J connectivity index is 1.29. The molecule has 0 spiro atoms. The van der Waals surface area contributed by atoms with E-state index in [1.165, 1.54) is 4.52 Å². The minimum atomic E-state index is 0.205. The summed E-state index contributed by atoms with van der Waals surface area (Å²) in [6, 6.07) is 7.55. The number of nitrogens with zero attached hydrogens (tertiary/aromatic N) is 6. The minimum absolute atomic E-state index is 0.205. The highest BCUT2D eigenvalue weighted by molar-refractivity contribution is 6.28. The zero-order chi connectivity index (χ0) is 19.8. The van der Waals surface area contributed by atoms with Gasteiger partial charge >= 0.3 is 0 Å². The Morgan fingerprint density at radius 2 is 2.17 bits per heavy atom. The van der Waals surface area contributed by atoms with E-state index in [0.717, 1.165) is 31.7 Å². The molecule has 1 saturated heterocycles. The zero-order valence-corrected chi connectivity index (χ0v) is 16.2. The number of anilines is 2. The zero-order valence-electron chi connectivity index (χ0n) is 15.5. The molecule has 29 heavy (non-hydrogen) atoms. The van der Waals surface area contributed by atoms with Crippen LogP contribution in [-0.4, -0.2) is 48.6 Å². The average Bonchev–Trinajstić information content (AvgIpc) is 3.48. The number of aromatic nitrogens is 5. The molecule has 1 aliphatic heterocycles. The molecule has 1 atom stereocenters. The number of halogens is 1. The lowest BCUT2D eigenvalue weighted by Gasteiger charge is -2.23. The van der Waals surface area contributed by atoms with E-state index in [9.17, 15) is 0 Å². The lowest BCUT2D eigenvalue weighted by atomic mass is 10.2. The molecule has 1 unspecified atom stereocenters. The highest BCUT2D eigenvalue weighted by atomic mass is 35.5. The van der Waals surface area contributed by atoms with Crippen molar-refractivity contribution in [1.82, 2.24) is 29.5 Å². The number of nitrogens with two attached hydrogens (primary N) is 1. The van der Waals surface area contributed by atoms with Crippen molar-refractivity contribution in [3.63, 3.8) is 0 Å². The van der Waals surface area contributed by atoms with Gasteiger partial charge in [-0.15, -0.1) is 5.10 Å². The number of likely N-dealkylation sites (tertiary alicyclic amines) is 1. The Kier molecular flexibility index (Phi) is 4.57. The van der Waals surface area contributed by atoms with Crippen LogP contribution >= 0.6 is 11.6 Å². The van der Waals surface area contributed by atoms with Gasteiger partial charge in [-0.3, -0.25) is 4.90 Å². The second-order valence-electron chi connectivity index (χ2n) is 6.88. The van der Waals surface area contributed by atoms with Crippen molar-refractivity contribution in [2.75, 3.05) is 24.1 Å². The first kappa shape index (κ1) is 18.0. The van der Waals surface area contributed by atoms with Gasteiger partial charge in [0, 0.05) is 12.6 Å². The Hall–Kier alpha value is -3.11. The Labute approximate surface area is 170 Å². The van der Waals surface area contributed by atoms with E-state index in [4.69, 9.17) is 26.2 Å². The van der Waals surface area contributed by atoms with E-state index < -0.39 is 0 Å². The smallest absolute Gasteiger partial charge is 0.259 e. The largest absolute Gasteiger partial charge is 0.461 e. The summed E-state index contributed by atoms with van der Waals surface area (Å²) in [4.78, 5) is 15.5. The normalized spacial score (nSPS) is 17.3. The molecule has 1 aliphatic rings. The molecule has 3 N–H and O–H groups in total. The first-order chi connectivity index (χ1) is 14.2. The quantitative estimate of drug-likeness (QED) is 0.489. The fourth-order valence-corrected chi connectivity index (χ4v) is 3.74. The first-order valence-corrected chi connectivity index (χ1v) is 9.70. The van der Waals surface area contributed by atoms with Crippen molar-refractivity contribution in [2.24, 2.45) is 0 Å². The van der Waals surface area contributed by atoms with Crippen molar-refractivity contribution in [1.29, 1.82) is 0 Å². The summed E-state index contributed by atoms with van der Waals surface area (Å²) >= 11 is 5.88. The molecular weight excluding hydrogens is 396 g/mol. The molecule has 0 aliphatic carbocycles. The maximum absolute atomic E-state index is 6.04. The molecule has 0 bridgehead atoms. The monoisotopic (exact) mass is 414 g/mol. The average molecular weight is 415 g/mol. The van der Waals surface area contributed by atoms with Crippen LogP contribution in [0.4, 0.5) is 11.9 Å². The van der Waals surface area contributed by atoms with Crippen molar-refractivity contribution in [2.45, 2.75) is 25.4 Å². The van der Waals surface area contributed by atoms with Gasteiger partial charge in [-0.2, -0.15) is 19.5 Å². The molecule has 0 aromatic carbocycles. The summed E-state index contributed by atoms with van der Waals surface area (Å²) < 4.78 is 12.2. The van der Waals surface area contributed by atoms with Crippen LogP contribution in [0.25, 0.3) is 17.4 Å². The predicted molar refractivity (Wildman–Crippen MR) is 106 cm³/mol. The fourth-order valence-electron chi connectivity index (χ4n) is 3.58. The van der Waals surface area contributed by atoms with Gasteiger partial charge in [-0.05, 0) is 55.3 Å². The van der Waals surface area contributed by atoms with E-state index in [2.05, 4.69) is 30.3 Å². The van der Waals surface area contributed by atoms with Gasteiger partial charge in [-0.25, -0.2) is 0 Å². The fraction of sp³-hybridized carbons (Fsp3) is 0.333. The van der Waals surface area contributed by atoms with Gasteiger partial charge in [0.15, 0.2) is 11.0 Å². The standard InChI is InChI=1S/C18H19ClN8O2/c19-14-6-5-12(29-14)10-26-7-1-3-11(26)9-21-17-23-16(20)27-18(24-17)22-15(25-27)13-4-2-8-28-13/h2,4-6,8,11H,1,3,7,9-10H2,(H3,20,21,22,23,24,25). The summed E-state index contributed by atoms with van der Waals surface area (Å²) in [5, 5.41) is 7.99. The number of fused-ring (bicyclic) bond motifs is 1. The van der Waals surface area contributed by atoms with E-state index >= 15 is 0 Å². The van der Waals surface area contributed by atoms with Crippen LogP contribution in [0.1, 0.15) is 18.6 Å². The van der Waals surface area contributed by atoms with E-state index in [-0.39, 0.29) is 5.95 Å². The maximum Gasteiger partial charge on any atom is 0.259 e. The second-order valence-corrected chi connectivity index (χ2v) is 7.26. The molecule has 0 amide bonds. The lowest BCUT2D eigenvalue weighted by molar-refractivity contribution is 0.233. The molecule has 1 fully saturated rings. The van der Waals surface area contributed by atoms with Gasteiger partial charge < -0.3 is 19.9 Å². The SMILES string of the molecule is Nc1nc(NCC2CCCN2Cc2ccc(Cl)o2)nc2nc(-c3ccco3)nn12. The molecule has 4 aromatic rings. The van der Waals surface area contributed by atoms with Gasteiger partial charge in [-0.1, -0.05) is 0 Å². The van der Waals surface area contributed by atoms with Crippen molar-refractivity contribution >= 4 is 29.3 Å². The van der Waals surface area contributed by atoms with Gasteiger partial charge in [0.2, 0.25) is 17.7 Å². The van der Waals surface area contributed by atoms with E-state index in [0.29, 0.717) is 41.1 Å². The van der Waals surface area contributed by atoms with E-state index in [1.54, 1.807) is 24.5 Å². The third-order valence-electron chi connectivity index (χ3n) is 4.96. The number of furan rings is 2. The Morgan fingerprint density at radius 3 is 2.97 bits per heavy atom. The van der Waals surface area contributed by atoms with Crippen LogP contribution in [0, 0.1) is 0 Å². The molecule has 11 heteroatoms. The van der Waals surface area contributed by atoms with Gasteiger partial charge in [0.05, 0.1) is 12.8 Å². The van der Waals surface area contributed by atoms with Crippen LogP contribution in [0.2, 0.25) is 5.22 Å². The maximum atomic E-state index is 6.04. The summed E-state index contributed by atoms with van der Waals surface area (Å²) in [6.45, 7) is 2.41. The van der Waals surface area contributed by atoms with Crippen LogP contribution in [0.15, 0.2) is 39.4 Å². The molecule has 0 radical (unpaired) electrons. The number of nitrogens with one attached hydrogen (secondary N) is 1. The first-order valence-electron chi connectivity index (χ1n) is 9.32. The third-order valence-corrected chi connectivity index (χ3v) is 5.16. The topological polar surface area (TPSA) is 124 Å². The molecule has 0 saturated carbocycles. The minimum Gasteiger partial charge on any atom is -0.461 e. The predicted octanol–water partition coefficient (Wildman–Crippen LogP) is 2.68. The third kappa shape index (κ3) is 3.64. The summed E-state index contributed by atoms with van der Waals surface area (Å²) in [7, 11) is 0. The van der Waals surface area contributed by atoms with Crippen molar-refractivity contribution in [3.05, 3.63) is 41.5 Å². The van der Waals surface area contributed by atoms with Crippen LogP contribution in [-0.2, 0) is 6.54 Å². The van der Waals surface area contributed by atoms with Crippen molar-refractivity contribution < 1.29 is 8.83 Å². The Bertz CT molecular complexity index is 1120. The van der Waals surface area contributed by atoms with Gasteiger partial charge in [0.1, 0.15) is 5.76 Å². The molecular formula is C18H19ClN8O2. The highest BCUT2D eigenvalue weighted by Crippen LogP contribution is 2.23. The van der Waals surface area contributed by atoms with Crippen LogP contribution in [0.5, 0.6) is 0 Å². The summed E-state index contributed by atoms with van der Waals surface area (Å²) in [6.07, 6.45) is 3.76. The number of rotatable bonds is 6.